The third-order valence-corrected chi connectivity index (χ3v) is 5.97. The molecule has 1 aromatic rings. The van der Waals surface area contributed by atoms with Gasteiger partial charge in [-0.05, 0) is 36.8 Å². The Kier molecular flexibility index (Phi) is 6.49. The summed E-state index contributed by atoms with van der Waals surface area (Å²) < 4.78 is 26.2. The van der Waals surface area contributed by atoms with Gasteiger partial charge in [-0.2, -0.15) is 0 Å². The largest absolute Gasteiger partial charge is 0.353 e. The fourth-order valence-corrected chi connectivity index (χ4v) is 4.51. The predicted octanol–water partition coefficient (Wildman–Crippen LogP) is 3.33. The molecule has 0 saturated heterocycles. The molecule has 5 nitrogen and oxygen atoms in total. The fraction of sp³-hybridized carbons (Fsp3) is 0.632. The number of nitrogens with one attached hydrogen (secondary N) is 1. The lowest BCUT2D eigenvalue weighted by molar-refractivity contribution is -0.121. The molecular weight excluding hydrogens is 336 g/mol. The van der Waals surface area contributed by atoms with Crippen molar-refractivity contribution >= 4 is 21.6 Å². The monoisotopic (exact) mass is 366 g/mol. The van der Waals surface area contributed by atoms with E-state index in [4.69, 9.17) is 0 Å². The number of rotatable bonds is 7. The highest BCUT2D eigenvalue weighted by Crippen LogP contribution is 2.32. The van der Waals surface area contributed by atoms with Crippen molar-refractivity contribution in [2.75, 3.05) is 17.1 Å². The van der Waals surface area contributed by atoms with Crippen molar-refractivity contribution in [3.05, 3.63) is 29.3 Å². The van der Waals surface area contributed by atoms with Crippen LogP contribution in [-0.4, -0.2) is 33.2 Å². The lowest BCUT2D eigenvalue weighted by Gasteiger charge is -2.28. The van der Waals surface area contributed by atoms with E-state index in [1.807, 2.05) is 39.0 Å². The summed E-state index contributed by atoms with van der Waals surface area (Å²) in [6.07, 6.45) is 5.74. The van der Waals surface area contributed by atoms with E-state index in [1.165, 1.54) is 10.6 Å². The highest BCUT2D eigenvalue weighted by molar-refractivity contribution is 7.92. The molecule has 1 N–H and O–H groups in total. The number of hydrogen-bond acceptors (Lipinski definition) is 3. The highest BCUT2D eigenvalue weighted by atomic mass is 32.2. The summed E-state index contributed by atoms with van der Waals surface area (Å²) >= 11 is 0. The van der Waals surface area contributed by atoms with Gasteiger partial charge in [-0.1, -0.05) is 44.9 Å². The van der Waals surface area contributed by atoms with Crippen molar-refractivity contribution < 1.29 is 13.2 Å². The van der Waals surface area contributed by atoms with Crippen molar-refractivity contribution in [2.24, 2.45) is 0 Å². The second-order valence-electron chi connectivity index (χ2n) is 7.30. The number of amides is 1. The minimum absolute atomic E-state index is 0.0692. The molecule has 0 radical (unpaired) electrons. The molecule has 1 aliphatic carbocycles. The Hall–Kier alpha value is -1.56. The van der Waals surface area contributed by atoms with Crippen molar-refractivity contribution in [1.29, 1.82) is 0 Å². The number of nitrogens with zero attached hydrogens (tertiary/aromatic N) is 1. The Morgan fingerprint density at radius 1 is 1.28 bits per heavy atom. The van der Waals surface area contributed by atoms with Crippen LogP contribution >= 0.6 is 0 Å². The number of carbonyl (C=O) groups is 1. The average Bonchev–Trinajstić information content (AvgIpc) is 3.00. The topological polar surface area (TPSA) is 66.5 Å². The molecule has 25 heavy (non-hydrogen) atoms. The maximum Gasteiger partial charge on any atom is 0.232 e. The van der Waals surface area contributed by atoms with Gasteiger partial charge in [0.15, 0.2) is 0 Å². The number of aryl methyl sites for hydroxylation is 1. The van der Waals surface area contributed by atoms with Crippen LogP contribution in [0.5, 0.6) is 0 Å². The minimum atomic E-state index is -3.47. The zero-order chi connectivity index (χ0) is 18.6. The molecule has 1 aromatic carbocycles. The summed E-state index contributed by atoms with van der Waals surface area (Å²) in [5.41, 5.74) is 2.61. The number of sulfonamides is 1. The molecular formula is C19H30N2O3S. The number of anilines is 1. The van der Waals surface area contributed by atoms with Gasteiger partial charge < -0.3 is 5.32 Å². The third kappa shape index (κ3) is 5.21. The number of hydrogen-bond donors (Lipinski definition) is 1. The second kappa shape index (κ2) is 8.21. The van der Waals surface area contributed by atoms with E-state index >= 15 is 0 Å². The van der Waals surface area contributed by atoms with Gasteiger partial charge in [0.1, 0.15) is 0 Å². The standard InChI is InChI=1S/C19H30N2O3S/c1-14(2)17-11-7-8-15(3)19(17)21(25(4,23)24)13-12-18(22)20-16-9-5-6-10-16/h7-8,11,14,16H,5-6,9-10,12-13H2,1-4H3,(H,20,22). The van der Waals surface area contributed by atoms with E-state index in [9.17, 15) is 13.2 Å². The summed E-state index contributed by atoms with van der Waals surface area (Å²) in [7, 11) is -3.47. The molecule has 0 heterocycles. The third-order valence-electron chi connectivity index (χ3n) is 4.80. The van der Waals surface area contributed by atoms with Gasteiger partial charge in [0.05, 0.1) is 11.9 Å². The minimum Gasteiger partial charge on any atom is -0.353 e. The van der Waals surface area contributed by atoms with Crippen LogP contribution in [0, 0.1) is 6.92 Å². The molecule has 0 atom stereocenters. The quantitative estimate of drug-likeness (QED) is 0.805. The van der Waals surface area contributed by atoms with Gasteiger partial charge in [0, 0.05) is 19.0 Å². The zero-order valence-corrected chi connectivity index (χ0v) is 16.5. The molecule has 1 amide bonds. The van der Waals surface area contributed by atoms with Gasteiger partial charge in [0.25, 0.3) is 0 Å². The molecule has 0 unspecified atom stereocenters. The first-order valence-electron chi connectivity index (χ1n) is 9.06. The van der Waals surface area contributed by atoms with E-state index in [0.29, 0.717) is 5.69 Å². The van der Waals surface area contributed by atoms with Crippen LogP contribution < -0.4 is 9.62 Å². The summed E-state index contributed by atoms with van der Waals surface area (Å²) in [5, 5.41) is 3.03. The van der Waals surface area contributed by atoms with Crippen LogP contribution in [-0.2, 0) is 14.8 Å². The summed E-state index contributed by atoms with van der Waals surface area (Å²) in [5.74, 6) is 0.131. The van der Waals surface area contributed by atoms with Gasteiger partial charge in [-0.15, -0.1) is 0 Å². The maximum absolute atomic E-state index is 12.4. The van der Waals surface area contributed by atoms with Gasteiger partial charge in [0.2, 0.25) is 15.9 Å². The fourth-order valence-electron chi connectivity index (χ4n) is 3.50. The molecule has 0 bridgehead atoms. The van der Waals surface area contributed by atoms with Gasteiger partial charge in [-0.25, -0.2) is 8.42 Å². The van der Waals surface area contributed by atoms with Crippen LogP contribution in [0.15, 0.2) is 18.2 Å². The first-order valence-corrected chi connectivity index (χ1v) is 10.9. The molecule has 6 heteroatoms. The first kappa shape index (κ1) is 19.8. The van der Waals surface area contributed by atoms with Crippen LogP contribution in [0.3, 0.4) is 0 Å². The molecule has 1 fully saturated rings. The summed E-state index contributed by atoms with van der Waals surface area (Å²) in [6.45, 7) is 6.18. The second-order valence-corrected chi connectivity index (χ2v) is 9.21. The first-order chi connectivity index (χ1) is 11.7. The SMILES string of the molecule is Cc1cccc(C(C)C)c1N(CCC(=O)NC1CCCC1)S(C)(=O)=O. The summed E-state index contributed by atoms with van der Waals surface area (Å²) in [6, 6.07) is 6.08. The van der Waals surface area contributed by atoms with Gasteiger partial charge in [-0.3, -0.25) is 9.10 Å². The predicted molar refractivity (Wildman–Crippen MR) is 102 cm³/mol. The van der Waals surface area contributed by atoms with Crippen LogP contribution in [0.25, 0.3) is 0 Å². The van der Waals surface area contributed by atoms with Gasteiger partial charge >= 0.3 is 0 Å². The Balaban J connectivity index is 2.19. The maximum atomic E-state index is 12.4. The molecule has 1 saturated carbocycles. The Bertz CT molecular complexity index is 707. The molecule has 0 aliphatic heterocycles. The van der Waals surface area contributed by atoms with Crippen molar-refractivity contribution in [1.82, 2.24) is 5.32 Å². The average molecular weight is 367 g/mol. The van der Waals surface area contributed by atoms with Crippen molar-refractivity contribution in [3.8, 4) is 0 Å². The number of para-hydroxylation sites is 1. The Labute approximate surface area is 151 Å². The Morgan fingerprint density at radius 2 is 1.92 bits per heavy atom. The van der Waals surface area contributed by atoms with E-state index < -0.39 is 10.0 Å². The van der Waals surface area contributed by atoms with E-state index in [2.05, 4.69) is 5.32 Å². The normalized spacial score (nSPS) is 15.6. The van der Waals surface area contributed by atoms with Crippen LogP contribution in [0.4, 0.5) is 5.69 Å². The van der Waals surface area contributed by atoms with Crippen LogP contribution in [0.2, 0.25) is 0 Å². The van der Waals surface area contributed by atoms with E-state index in [-0.39, 0.29) is 30.8 Å². The molecule has 0 spiro atoms. The van der Waals surface area contributed by atoms with Crippen molar-refractivity contribution in [3.63, 3.8) is 0 Å². The zero-order valence-electron chi connectivity index (χ0n) is 15.7. The molecule has 2 rings (SSSR count). The Morgan fingerprint density at radius 3 is 2.48 bits per heavy atom. The lowest BCUT2D eigenvalue weighted by atomic mass is 9.98. The number of benzene rings is 1. The number of carbonyl (C=O) groups excluding carboxylic acids is 1. The highest BCUT2D eigenvalue weighted by Gasteiger charge is 2.25. The molecule has 1 aliphatic rings. The van der Waals surface area contributed by atoms with Crippen LogP contribution in [0.1, 0.15) is 63.0 Å². The van der Waals surface area contributed by atoms with Crippen molar-refractivity contribution in [2.45, 2.75) is 64.8 Å². The molecule has 0 aromatic heterocycles. The molecule has 140 valence electrons. The van der Waals surface area contributed by atoms with E-state index in [0.717, 1.165) is 36.8 Å². The lowest BCUT2D eigenvalue weighted by Crippen LogP contribution is -2.38. The summed E-state index contributed by atoms with van der Waals surface area (Å²) in [4.78, 5) is 12.2. The smallest absolute Gasteiger partial charge is 0.232 e. The van der Waals surface area contributed by atoms with E-state index in [1.54, 1.807) is 0 Å².